The Morgan fingerprint density at radius 2 is 1.81 bits per heavy atom. The van der Waals surface area contributed by atoms with E-state index in [1.165, 1.54) is 0 Å². The van der Waals surface area contributed by atoms with Gasteiger partial charge in [-0.15, -0.1) is 11.3 Å². The minimum atomic E-state index is -1.08. The Labute approximate surface area is 175 Å². The van der Waals surface area contributed by atoms with Gasteiger partial charge in [-0.25, -0.2) is 14.0 Å². The van der Waals surface area contributed by atoms with E-state index >= 15 is 0 Å². The van der Waals surface area contributed by atoms with Crippen LogP contribution in [0, 0.1) is 0 Å². The van der Waals surface area contributed by atoms with Crippen LogP contribution in [0.15, 0.2) is 22.5 Å². The van der Waals surface area contributed by atoms with Crippen LogP contribution >= 0.6 is 46.1 Å². The first-order chi connectivity index (χ1) is 12.6. The lowest BCUT2D eigenvalue weighted by atomic mass is 9.81. The van der Waals surface area contributed by atoms with Crippen LogP contribution in [0.25, 0.3) is 0 Å². The number of hydrogen-bond acceptors (Lipinski definition) is 6. The Bertz CT molecular complexity index is 847. The molecular formula is C17H17Cl3FNO4S. The number of esters is 2. The molecule has 5 nitrogen and oxygen atoms in total. The van der Waals surface area contributed by atoms with Crippen molar-refractivity contribution in [2.24, 2.45) is 0 Å². The second-order valence-electron chi connectivity index (χ2n) is 5.95. The van der Waals surface area contributed by atoms with E-state index in [4.69, 9.17) is 44.3 Å². The molecule has 0 aliphatic carbocycles. The SMILES string of the molecule is COC(=O)C1=C(CF)NC(C)=C(C(=O)OC(C)C)C1c1c(Cl)sc(Cl)c1Cl. The Balaban J connectivity index is 2.79. The number of alkyl halides is 1. The van der Waals surface area contributed by atoms with Crippen molar-refractivity contribution in [3.63, 3.8) is 0 Å². The summed E-state index contributed by atoms with van der Waals surface area (Å²) in [7, 11) is 1.16. The van der Waals surface area contributed by atoms with Crippen molar-refractivity contribution in [2.75, 3.05) is 13.8 Å². The third kappa shape index (κ3) is 4.26. The number of thiophene rings is 1. The highest BCUT2D eigenvalue weighted by Crippen LogP contribution is 2.50. The summed E-state index contributed by atoms with van der Waals surface area (Å²) in [6, 6.07) is 0. The molecule has 148 valence electrons. The summed E-state index contributed by atoms with van der Waals surface area (Å²) in [6.07, 6.45) is -0.413. The molecule has 1 aliphatic rings. The number of hydrogen-bond donors (Lipinski definition) is 1. The summed E-state index contributed by atoms with van der Waals surface area (Å²) >= 11 is 19.7. The second kappa shape index (κ2) is 8.82. The molecule has 0 spiro atoms. The molecule has 10 heteroatoms. The second-order valence-corrected chi connectivity index (χ2v) is 8.55. The van der Waals surface area contributed by atoms with Crippen molar-refractivity contribution >= 4 is 58.1 Å². The number of allylic oxidation sites excluding steroid dienone is 2. The first-order valence-corrected chi connectivity index (χ1v) is 9.78. The number of carbonyl (C=O) groups is 2. The molecular weight excluding hydrogens is 440 g/mol. The van der Waals surface area contributed by atoms with Crippen LogP contribution in [0.5, 0.6) is 0 Å². The summed E-state index contributed by atoms with van der Waals surface area (Å²) in [5.74, 6) is -2.59. The summed E-state index contributed by atoms with van der Waals surface area (Å²) in [5, 5.41) is 2.83. The molecule has 1 aliphatic heterocycles. The zero-order valence-electron chi connectivity index (χ0n) is 14.9. The molecule has 1 N–H and O–H groups in total. The van der Waals surface area contributed by atoms with Crippen molar-refractivity contribution in [2.45, 2.75) is 32.8 Å². The van der Waals surface area contributed by atoms with Crippen LogP contribution in [-0.4, -0.2) is 31.8 Å². The van der Waals surface area contributed by atoms with Crippen molar-refractivity contribution in [3.8, 4) is 0 Å². The quantitative estimate of drug-likeness (QED) is 0.631. The van der Waals surface area contributed by atoms with Gasteiger partial charge in [0.25, 0.3) is 0 Å². The lowest BCUT2D eigenvalue weighted by molar-refractivity contribution is -0.143. The van der Waals surface area contributed by atoms with Gasteiger partial charge in [0.15, 0.2) is 0 Å². The molecule has 0 aromatic carbocycles. The first-order valence-electron chi connectivity index (χ1n) is 7.83. The van der Waals surface area contributed by atoms with E-state index in [0.29, 0.717) is 5.70 Å². The van der Waals surface area contributed by atoms with Crippen LogP contribution < -0.4 is 5.32 Å². The molecule has 0 bridgehead atoms. The summed E-state index contributed by atoms with van der Waals surface area (Å²) in [4.78, 5) is 25.2. The molecule has 1 atom stereocenters. The monoisotopic (exact) mass is 455 g/mol. The van der Waals surface area contributed by atoms with Crippen molar-refractivity contribution < 1.29 is 23.5 Å². The summed E-state index contributed by atoms with van der Waals surface area (Å²) in [6.45, 7) is 3.95. The molecule has 2 heterocycles. The van der Waals surface area contributed by atoms with E-state index in [9.17, 15) is 14.0 Å². The van der Waals surface area contributed by atoms with Crippen molar-refractivity contribution in [1.29, 1.82) is 0 Å². The number of dihydropyridines is 1. The van der Waals surface area contributed by atoms with Gasteiger partial charge in [0.05, 0.1) is 41.0 Å². The molecule has 2 rings (SSSR count). The summed E-state index contributed by atoms with van der Waals surface area (Å²) < 4.78 is 24.2. The highest BCUT2D eigenvalue weighted by atomic mass is 35.5. The molecule has 1 aromatic heterocycles. The molecule has 0 saturated carbocycles. The third-order valence-corrected chi connectivity index (χ3v) is 6.07. The number of nitrogens with one attached hydrogen (secondary N) is 1. The fourth-order valence-electron chi connectivity index (χ4n) is 2.80. The van der Waals surface area contributed by atoms with Crippen LogP contribution in [-0.2, 0) is 19.1 Å². The average Bonchev–Trinajstić information content (AvgIpc) is 2.84. The topological polar surface area (TPSA) is 64.6 Å². The molecule has 0 fully saturated rings. The van der Waals surface area contributed by atoms with Gasteiger partial charge < -0.3 is 14.8 Å². The van der Waals surface area contributed by atoms with Crippen LogP contribution in [0.2, 0.25) is 13.7 Å². The minimum absolute atomic E-state index is 0.0418. The van der Waals surface area contributed by atoms with Gasteiger partial charge in [-0.05, 0) is 20.8 Å². The van der Waals surface area contributed by atoms with Gasteiger partial charge in [-0.1, -0.05) is 34.8 Å². The van der Waals surface area contributed by atoms with Gasteiger partial charge in [0.2, 0.25) is 0 Å². The normalized spacial score (nSPS) is 17.3. The standard InChI is InChI=1S/C17H17Cl3FNO4S/c1-6(2)26-17(24)9-7(3)22-8(5-21)10(16(23)25-4)11(9)12-13(18)15(20)27-14(12)19/h6,11,22H,5H2,1-4H3. The highest BCUT2D eigenvalue weighted by molar-refractivity contribution is 7.20. The number of methoxy groups -OCH3 is 1. The van der Waals surface area contributed by atoms with Crippen LogP contribution in [0.4, 0.5) is 4.39 Å². The fraction of sp³-hybridized carbons (Fsp3) is 0.412. The Morgan fingerprint density at radius 1 is 1.19 bits per heavy atom. The first kappa shape index (κ1) is 22.0. The zero-order chi connectivity index (χ0) is 20.5. The molecule has 27 heavy (non-hydrogen) atoms. The molecule has 0 saturated heterocycles. The predicted octanol–water partition coefficient (Wildman–Crippen LogP) is 5.02. The number of halogens is 4. The third-order valence-electron chi connectivity index (χ3n) is 3.84. The van der Waals surface area contributed by atoms with Gasteiger partial charge in [-0.2, -0.15) is 0 Å². The number of ether oxygens (including phenoxy) is 2. The number of carbonyl (C=O) groups excluding carboxylic acids is 2. The molecule has 1 unspecified atom stereocenters. The van der Waals surface area contributed by atoms with E-state index in [1.54, 1.807) is 20.8 Å². The molecule has 0 amide bonds. The average molecular weight is 457 g/mol. The summed E-state index contributed by atoms with van der Waals surface area (Å²) in [5.41, 5.74) is 0.482. The smallest absolute Gasteiger partial charge is 0.337 e. The Hall–Kier alpha value is -1.28. The maximum atomic E-state index is 13.7. The lowest BCUT2D eigenvalue weighted by Crippen LogP contribution is -2.34. The maximum absolute atomic E-state index is 13.7. The minimum Gasteiger partial charge on any atom is -0.466 e. The van der Waals surface area contributed by atoms with E-state index in [0.717, 1.165) is 18.4 Å². The van der Waals surface area contributed by atoms with Crippen molar-refractivity contribution in [3.05, 3.63) is 41.8 Å². The van der Waals surface area contributed by atoms with Crippen LogP contribution in [0.1, 0.15) is 32.3 Å². The molecule has 0 radical (unpaired) electrons. The Morgan fingerprint density at radius 3 is 2.26 bits per heavy atom. The molecule has 1 aromatic rings. The fourth-order valence-corrected chi connectivity index (χ4v) is 4.80. The lowest BCUT2D eigenvalue weighted by Gasteiger charge is -2.30. The van der Waals surface area contributed by atoms with Gasteiger partial charge in [0.1, 0.15) is 15.3 Å². The highest BCUT2D eigenvalue weighted by Gasteiger charge is 2.42. The van der Waals surface area contributed by atoms with Crippen LogP contribution in [0.3, 0.4) is 0 Å². The van der Waals surface area contributed by atoms with Gasteiger partial charge in [0, 0.05) is 11.3 Å². The van der Waals surface area contributed by atoms with E-state index < -0.39 is 30.6 Å². The van der Waals surface area contributed by atoms with E-state index in [2.05, 4.69) is 5.32 Å². The number of rotatable bonds is 5. The predicted molar refractivity (Wildman–Crippen MR) is 104 cm³/mol. The Kier molecular flexibility index (Phi) is 7.19. The van der Waals surface area contributed by atoms with E-state index in [1.807, 2.05) is 0 Å². The largest absolute Gasteiger partial charge is 0.466 e. The van der Waals surface area contributed by atoms with E-state index in [-0.39, 0.29) is 36.1 Å². The van der Waals surface area contributed by atoms with Gasteiger partial charge >= 0.3 is 11.9 Å². The maximum Gasteiger partial charge on any atom is 0.337 e. The van der Waals surface area contributed by atoms with Gasteiger partial charge in [-0.3, -0.25) is 0 Å². The van der Waals surface area contributed by atoms with Crippen molar-refractivity contribution in [1.82, 2.24) is 5.32 Å². The zero-order valence-corrected chi connectivity index (χ0v) is 18.0.